The van der Waals surface area contributed by atoms with Gasteiger partial charge in [0.25, 0.3) is 0 Å². The van der Waals surface area contributed by atoms with Gasteiger partial charge in [0.1, 0.15) is 11.6 Å². The first kappa shape index (κ1) is 24.5. The minimum atomic E-state index is -0.378. The van der Waals surface area contributed by atoms with Crippen molar-refractivity contribution in [1.82, 2.24) is 0 Å². The predicted molar refractivity (Wildman–Crippen MR) is 138 cm³/mol. The van der Waals surface area contributed by atoms with E-state index in [1.54, 1.807) is 20.1 Å². The Morgan fingerprint density at radius 3 is 2.71 bits per heavy atom. The van der Waals surface area contributed by atoms with Crippen molar-refractivity contribution in [3.05, 3.63) is 81.2 Å². The zero-order valence-corrected chi connectivity index (χ0v) is 21.0. The highest BCUT2D eigenvalue weighted by atomic mass is 32.1. The standard InChI is InChI=1S/C28H29NO5S/c1-4-33-28(31)26-21-10-7-11-24(21)35-27(26)29-25(30)15-13-19-12-14-22(23(16-19)32-3)34-17-20-9-6-5-8-18(20)2/h5-6,8-9,12-16H,4,7,10-11,17H2,1-3H3,(H,29,30). The second kappa shape index (κ2) is 11.2. The third-order valence-electron chi connectivity index (χ3n) is 5.90. The molecule has 2 aromatic carbocycles. The number of carbonyl (C=O) groups is 2. The molecule has 0 aliphatic heterocycles. The lowest BCUT2D eigenvalue weighted by atomic mass is 10.1. The van der Waals surface area contributed by atoms with Crippen LogP contribution in [0.25, 0.3) is 6.08 Å². The maximum absolute atomic E-state index is 12.7. The van der Waals surface area contributed by atoms with Crippen molar-refractivity contribution in [2.75, 3.05) is 19.0 Å². The number of benzene rings is 2. The van der Waals surface area contributed by atoms with Gasteiger partial charge in [0.05, 0.1) is 19.3 Å². The molecule has 1 N–H and O–H groups in total. The molecule has 182 valence electrons. The number of ether oxygens (including phenoxy) is 3. The van der Waals surface area contributed by atoms with Gasteiger partial charge in [0.15, 0.2) is 11.5 Å². The van der Waals surface area contributed by atoms with E-state index in [0.717, 1.165) is 40.8 Å². The summed E-state index contributed by atoms with van der Waals surface area (Å²) in [6.45, 7) is 4.56. The molecule has 0 bridgehead atoms. The molecule has 6 nitrogen and oxygen atoms in total. The van der Waals surface area contributed by atoms with Crippen LogP contribution < -0.4 is 14.8 Å². The first-order valence-electron chi connectivity index (χ1n) is 11.7. The van der Waals surface area contributed by atoms with E-state index in [2.05, 4.69) is 18.3 Å². The minimum Gasteiger partial charge on any atom is -0.493 e. The Kier molecular flexibility index (Phi) is 7.87. The van der Waals surface area contributed by atoms with Crippen molar-refractivity contribution in [3.8, 4) is 11.5 Å². The average Bonchev–Trinajstić information content (AvgIpc) is 3.43. The number of esters is 1. The number of carbonyl (C=O) groups excluding carboxylic acids is 2. The molecule has 0 spiro atoms. The molecule has 1 heterocycles. The monoisotopic (exact) mass is 491 g/mol. The highest BCUT2D eigenvalue weighted by molar-refractivity contribution is 7.17. The minimum absolute atomic E-state index is 0.295. The lowest BCUT2D eigenvalue weighted by molar-refractivity contribution is -0.111. The topological polar surface area (TPSA) is 73.9 Å². The quantitative estimate of drug-likeness (QED) is 0.295. The molecule has 0 unspecified atom stereocenters. The fourth-order valence-corrected chi connectivity index (χ4v) is 5.35. The molecule has 0 saturated carbocycles. The first-order valence-corrected chi connectivity index (χ1v) is 12.5. The molecule has 1 aliphatic carbocycles. The van der Waals surface area contributed by atoms with Gasteiger partial charge < -0.3 is 19.5 Å². The molecular weight excluding hydrogens is 462 g/mol. The van der Waals surface area contributed by atoms with E-state index in [4.69, 9.17) is 14.2 Å². The van der Waals surface area contributed by atoms with E-state index in [0.29, 0.717) is 35.3 Å². The number of hydrogen-bond donors (Lipinski definition) is 1. The molecule has 0 saturated heterocycles. The summed E-state index contributed by atoms with van der Waals surface area (Å²) in [4.78, 5) is 26.3. The summed E-state index contributed by atoms with van der Waals surface area (Å²) in [5, 5.41) is 3.43. The van der Waals surface area contributed by atoms with Crippen LogP contribution in [-0.2, 0) is 29.0 Å². The van der Waals surface area contributed by atoms with Gasteiger partial charge >= 0.3 is 5.97 Å². The summed E-state index contributed by atoms with van der Waals surface area (Å²) < 4.78 is 16.7. The number of thiophene rings is 1. The Bertz CT molecular complexity index is 1260. The van der Waals surface area contributed by atoms with Gasteiger partial charge in [-0.2, -0.15) is 0 Å². The molecular formula is C28H29NO5S. The molecule has 0 fully saturated rings. The van der Waals surface area contributed by atoms with Gasteiger partial charge in [-0.25, -0.2) is 4.79 Å². The summed E-state index contributed by atoms with van der Waals surface area (Å²) >= 11 is 1.46. The van der Waals surface area contributed by atoms with Crippen molar-refractivity contribution in [1.29, 1.82) is 0 Å². The van der Waals surface area contributed by atoms with E-state index in [1.807, 2.05) is 36.4 Å². The van der Waals surface area contributed by atoms with Crippen LogP contribution in [-0.4, -0.2) is 25.6 Å². The lowest BCUT2D eigenvalue weighted by Crippen LogP contribution is -2.13. The zero-order valence-electron chi connectivity index (χ0n) is 20.2. The van der Waals surface area contributed by atoms with Crippen LogP contribution in [0.4, 0.5) is 5.00 Å². The number of amides is 1. The number of hydrogen-bond acceptors (Lipinski definition) is 6. The Morgan fingerprint density at radius 1 is 1.11 bits per heavy atom. The summed E-state index contributed by atoms with van der Waals surface area (Å²) in [6, 6.07) is 13.6. The maximum Gasteiger partial charge on any atom is 0.341 e. The van der Waals surface area contributed by atoms with Gasteiger partial charge in [-0.15, -0.1) is 11.3 Å². The van der Waals surface area contributed by atoms with E-state index < -0.39 is 0 Å². The third-order valence-corrected chi connectivity index (χ3v) is 7.10. The second-order valence-corrected chi connectivity index (χ2v) is 9.34. The number of anilines is 1. The third kappa shape index (κ3) is 5.74. The van der Waals surface area contributed by atoms with Crippen LogP contribution in [0.5, 0.6) is 11.5 Å². The van der Waals surface area contributed by atoms with Crippen LogP contribution in [0.2, 0.25) is 0 Å². The Morgan fingerprint density at radius 2 is 1.94 bits per heavy atom. The maximum atomic E-state index is 12.7. The largest absolute Gasteiger partial charge is 0.493 e. The highest BCUT2D eigenvalue weighted by Gasteiger charge is 2.28. The normalized spacial score (nSPS) is 12.4. The van der Waals surface area contributed by atoms with Gasteiger partial charge in [0.2, 0.25) is 5.91 Å². The van der Waals surface area contributed by atoms with Crippen LogP contribution in [0.15, 0.2) is 48.5 Å². The molecule has 3 aromatic rings. The highest BCUT2D eigenvalue weighted by Crippen LogP contribution is 2.39. The second-order valence-electron chi connectivity index (χ2n) is 8.23. The van der Waals surface area contributed by atoms with Crippen LogP contribution in [0, 0.1) is 6.92 Å². The summed E-state index contributed by atoms with van der Waals surface area (Å²) in [5.74, 6) is 0.525. The molecule has 35 heavy (non-hydrogen) atoms. The van der Waals surface area contributed by atoms with E-state index >= 15 is 0 Å². The van der Waals surface area contributed by atoms with Crippen LogP contribution in [0.1, 0.15) is 50.8 Å². The van der Waals surface area contributed by atoms with Crippen molar-refractivity contribution in [3.63, 3.8) is 0 Å². The van der Waals surface area contributed by atoms with Gasteiger partial charge in [-0.3, -0.25) is 4.79 Å². The van der Waals surface area contributed by atoms with E-state index in [9.17, 15) is 9.59 Å². The Labute approximate surface area is 209 Å². The first-order chi connectivity index (χ1) is 17.0. The van der Waals surface area contributed by atoms with E-state index in [-0.39, 0.29) is 11.9 Å². The van der Waals surface area contributed by atoms with E-state index in [1.165, 1.54) is 23.0 Å². The SMILES string of the molecule is CCOC(=O)c1c(NC(=O)C=Cc2ccc(OCc3ccccc3C)c(OC)c2)sc2c1CCC2. The van der Waals surface area contributed by atoms with Crippen molar-refractivity contribution >= 4 is 34.3 Å². The number of methoxy groups -OCH3 is 1. The van der Waals surface area contributed by atoms with Gasteiger partial charge in [-0.05, 0) is 73.6 Å². The van der Waals surface area contributed by atoms with Gasteiger partial charge in [-0.1, -0.05) is 30.3 Å². The zero-order chi connectivity index (χ0) is 24.8. The Balaban J connectivity index is 1.44. The number of aryl methyl sites for hydroxylation is 2. The fourth-order valence-electron chi connectivity index (χ4n) is 4.07. The Hall–Kier alpha value is -3.58. The van der Waals surface area contributed by atoms with Crippen LogP contribution in [0.3, 0.4) is 0 Å². The number of rotatable bonds is 9. The fraction of sp³-hybridized carbons (Fsp3) is 0.286. The smallest absolute Gasteiger partial charge is 0.341 e. The van der Waals surface area contributed by atoms with Crippen molar-refractivity contribution < 1.29 is 23.8 Å². The van der Waals surface area contributed by atoms with Crippen molar-refractivity contribution in [2.24, 2.45) is 0 Å². The molecule has 4 rings (SSSR count). The molecule has 0 atom stereocenters. The predicted octanol–water partition coefficient (Wildman–Crippen LogP) is 5.96. The van der Waals surface area contributed by atoms with Crippen molar-refractivity contribution in [2.45, 2.75) is 39.7 Å². The molecule has 0 radical (unpaired) electrons. The lowest BCUT2D eigenvalue weighted by Gasteiger charge is -2.12. The molecule has 1 aromatic heterocycles. The van der Waals surface area contributed by atoms with Crippen LogP contribution >= 0.6 is 11.3 Å². The molecule has 7 heteroatoms. The summed E-state index contributed by atoms with van der Waals surface area (Å²) in [7, 11) is 1.59. The summed E-state index contributed by atoms with van der Waals surface area (Å²) in [5.41, 5.74) is 4.58. The average molecular weight is 492 g/mol. The number of fused-ring (bicyclic) bond motifs is 1. The molecule has 1 aliphatic rings. The number of nitrogens with one attached hydrogen (secondary N) is 1. The summed E-state index contributed by atoms with van der Waals surface area (Å²) in [6.07, 6.45) is 5.94. The molecule has 1 amide bonds. The van der Waals surface area contributed by atoms with Gasteiger partial charge in [0, 0.05) is 11.0 Å².